The Bertz CT molecular complexity index is 1680. The molecule has 0 unspecified atom stereocenters. The molecule has 1 heterocycles. The van der Waals surface area contributed by atoms with Gasteiger partial charge in [-0.3, -0.25) is 4.90 Å². The molecule has 0 atom stereocenters. The fraction of sp³-hybridized carbons (Fsp3) is 0.548. The van der Waals surface area contributed by atoms with Crippen molar-refractivity contribution in [2.75, 3.05) is 13.3 Å². The predicted octanol–water partition coefficient (Wildman–Crippen LogP) is 9.40. The van der Waals surface area contributed by atoms with Crippen LogP contribution in [0.1, 0.15) is 129 Å². The maximum absolute atomic E-state index is 14.4. The number of carbonyl (C=O) groups is 1. The lowest BCUT2D eigenvalue weighted by Gasteiger charge is -2.43. The van der Waals surface area contributed by atoms with E-state index < -0.39 is 0 Å². The van der Waals surface area contributed by atoms with Crippen molar-refractivity contribution in [2.24, 2.45) is 0 Å². The fourth-order valence-electron chi connectivity index (χ4n) is 7.27. The molecule has 49 heavy (non-hydrogen) atoms. The highest BCUT2D eigenvalue weighted by molar-refractivity contribution is 5.75. The molecule has 7 heteroatoms. The molecule has 3 aromatic carbocycles. The number of phenolic OH excluding ortho intramolecular Hbond substituents is 3. The lowest BCUT2D eigenvalue weighted by Crippen LogP contribution is -2.57. The summed E-state index contributed by atoms with van der Waals surface area (Å²) in [4.78, 5) is 20.4. The molecule has 0 aliphatic carbocycles. The number of amides is 2. The first kappa shape index (κ1) is 38.1. The van der Waals surface area contributed by atoms with Crippen molar-refractivity contribution in [2.45, 2.75) is 140 Å². The number of aromatic hydroxyl groups is 3. The van der Waals surface area contributed by atoms with Crippen LogP contribution in [0.5, 0.6) is 17.2 Å². The van der Waals surface area contributed by atoms with E-state index in [1.54, 1.807) is 0 Å². The van der Waals surface area contributed by atoms with E-state index in [1.165, 1.54) is 0 Å². The lowest BCUT2D eigenvalue weighted by molar-refractivity contribution is 0.0217. The van der Waals surface area contributed by atoms with E-state index in [0.717, 1.165) is 66.8 Å². The van der Waals surface area contributed by atoms with E-state index in [-0.39, 0.29) is 33.8 Å². The fourth-order valence-corrected chi connectivity index (χ4v) is 7.27. The highest BCUT2D eigenvalue weighted by Crippen LogP contribution is 2.40. The van der Waals surface area contributed by atoms with Gasteiger partial charge in [-0.05, 0) is 125 Å². The van der Waals surface area contributed by atoms with Gasteiger partial charge < -0.3 is 25.1 Å². The number of carbonyl (C=O) groups excluding carboxylic acids is 1. The number of rotatable bonds is 6. The van der Waals surface area contributed by atoms with E-state index in [9.17, 15) is 20.1 Å². The van der Waals surface area contributed by atoms with Gasteiger partial charge in [0.25, 0.3) is 0 Å². The lowest BCUT2D eigenvalue weighted by atomic mass is 9.82. The number of phenols is 3. The van der Waals surface area contributed by atoms with Gasteiger partial charge in [-0.15, -0.1) is 0 Å². The summed E-state index contributed by atoms with van der Waals surface area (Å²) in [6, 6.07) is 6.12. The molecule has 7 nitrogen and oxygen atoms in total. The Labute approximate surface area is 295 Å². The quantitative estimate of drug-likeness (QED) is 0.243. The third-order valence-electron chi connectivity index (χ3n) is 10.5. The first-order valence-corrected chi connectivity index (χ1v) is 17.6. The predicted molar refractivity (Wildman–Crippen MR) is 201 cm³/mol. The van der Waals surface area contributed by atoms with Crippen LogP contribution in [-0.2, 0) is 35.9 Å². The van der Waals surface area contributed by atoms with Crippen LogP contribution in [0.2, 0.25) is 0 Å². The van der Waals surface area contributed by atoms with Gasteiger partial charge in [0.2, 0.25) is 0 Å². The van der Waals surface area contributed by atoms with Crippen LogP contribution in [0.15, 0.2) is 18.2 Å². The molecule has 0 radical (unpaired) electrons. The largest absolute Gasteiger partial charge is 0.507 e. The van der Waals surface area contributed by atoms with Crippen LogP contribution >= 0.6 is 0 Å². The highest BCUT2D eigenvalue weighted by atomic mass is 16.3. The Balaban J connectivity index is 1.79. The Morgan fingerprint density at radius 1 is 0.510 bits per heavy atom. The molecule has 1 saturated heterocycles. The minimum atomic E-state index is -0.222. The number of urea groups is 1. The van der Waals surface area contributed by atoms with E-state index in [0.29, 0.717) is 38.7 Å². The summed E-state index contributed by atoms with van der Waals surface area (Å²) in [6.45, 7) is 33.0. The molecule has 3 N–H and O–H groups in total. The topological polar surface area (TPSA) is 87.5 Å². The SMILES string of the molecule is Cc1cc(C(C)(C)C)c(O)c(C)c1CN1CN(Cc2c(C)cc(C(C)(C)C)c(O)c2C)C(=O)N(Cc2c(C)cc(C(C)(C)C)c(O)c2C)C1. The molecule has 1 aliphatic rings. The molecular weight excluding hydrogens is 610 g/mol. The number of hydrogen-bond donors (Lipinski definition) is 3. The van der Waals surface area contributed by atoms with Gasteiger partial charge in [-0.25, -0.2) is 4.79 Å². The van der Waals surface area contributed by atoms with Crippen LogP contribution in [0.3, 0.4) is 0 Å². The van der Waals surface area contributed by atoms with Gasteiger partial charge in [0.15, 0.2) is 0 Å². The van der Waals surface area contributed by atoms with Crippen molar-refractivity contribution in [3.05, 3.63) is 85.0 Å². The summed E-state index contributed by atoms with van der Waals surface area (Å²) in [7, 11) is 0. The molecular formula is C42H61N3O4. The molecule has 268 valence electrons. The third kappa shape index (κ3) is 7.57. The zero-order chi connectivity index (χ0) is 37.1. The number of aryl methyl sites for hydroxylation is 3. The molecule has 2 amide bonds. The zero-order valence-electron chi connectivity index (χ0n) is 32.9. The summed E-state index contributed by atoms with van der Waals surface area (Å²) in [5.74, 6) is 0.899. The zero-order valence-corrected chi connectivity index (χ0v) is 32.9. The smallest absolute Gasteiger partial charge is 0.322 e. The number of hydrogen-bond acceptors (Lipinski definition) is 5. The van der Waals surface area contributed by atoms with Crippen molar-refractivity contribution >= 4 is 6.03 Å². The van der Waals surface area contributed by atoms with Gasteiger partial charge in [0.1, 0.15) is 17.2 Å². The van der Waals surface area contributed by atoms with Crippen LogP contribution in [0.25, 0.3) is 0 Å². The van der Waals surface area contributed by atoms with Crippen molar-refractivity contribution in [1.82, 2.24) is 14.7 Å². The third-order valence-corrected chi connectivity index (χ3v) is 10.5. The molecule has 4 rings (SSSR count). The second-order valence-corrected chi connectivity index (χ2v) is 17.6. The average Bonchev–Trinajstić information content (AvgIpc) is 2.97. The Morgan fingerprint density at radius 3 is 1.04 bits per heavy atom. The molecule has 0 aromatic heterocycles. The van der Waals surface area contributed by atoms with Gasteiger partial charge in [-0.2, -0.15) is 0 Å². The number of benzene rings is 3. The van der Waals surface area contributed by atoms with E-state index in [2.05, 4.69) is 106 Å². The standard InChI is InChI=1S/C42H61N3O4/c1-24-16-33(40(7,8)9)36(46)27(4)30(24)19-43-22-44(20-31-25(2)17-34(41(10,11)12)37(47)28(31)5)39(49)45(23-43)21-32-26(3)18-35(42(13,14)15)38(48)29(32)6/h16-18,46-48H,19-23H2,1-15H3. The maximum Gasteiger partial charge on any atom is 0.322 e. The molecule has 0 spiro atoms. The molecule has 0 bridgehead atoms. The van der Waals surface area contributed by atoms with Gasteiger partial charge in [0.05, 0.1) is 13.3 Å². The number of nitrogens with zero attached hydrogens (tertiary/aromatic N) is 3. The van der Waals surface area contributed by atoms with Crippen LogP contribution in [0, 0.1) is 41.5 Å². The van der Waals surface area contributed by atoms with Crippen molar-refractivity contribution < 1.29 is 20.1 Å². The minimum Gasteiger partial charge on any atom is -0.507 e. The average molecular weight is 672 g/mol. The van der Waals surface area contributed by atoms with Crippen LogP contribution in [-0.4, -0.2) is 49.4 Å². The minimum absolute atomic E-state index is 0.0907. The second-order valence-electron chi connectivity index (χ2n) is 17.6. The molecule has 1 fully saturated rings. The van der Waals surface area contributed by atoms with Gasteiger partial charge in [-0.1, -0.05) is 80.5 Å². The molecule has 3 aromatic rings. The Hall–Kier alpha value is -3.71. The Morgan fingerprint density at radius 2 is 0.776 bits per heavy atom. The normalized spacial score (nSPS) is 15.0. The first-order valence-electron chi connectivity index (χ1n) is 17.6. The van der Waals surface area contributed by atoms with Crippen molar-refractivity contribution in [3.8, 4) is 17.2 Å². The molecule has 1 aliphatic heterocycles. The van der Waals surface area contributed by atoms with E-state index in [1.807, 2.05) is 30.6 Å². The monoisotopic (exact) mass is 671 g/mol. The van der Waals surface area contributed by atoms with Crippen LogP contribution < -0.4 is 0 Å². The van der Waals surface area contributed by atoms with Crippen molar-refractivity contribution in [3.63, 3.8) is 0 Å². The maximum atomic E-state index is 14.4. The van der Waals surface area contributed by atoms with E-state index in [4.69, 9.17) is 0 Å². The van der Waals surface area contributed by atoms with Crippen molar-refractivity contribution in [1.29, 1.82) is 0 Å². The summed E-state index contributed by atoms with van der Waals surface area (Å²) in [5.41, 5.74) is 10.7. The summed E-state index contributed by atoms with van der Waals surface area (Å²) in [6.07, 6.45) is 0. The first-order chi connectivity index (χ1) is 22.3. The van der Waals surface area contributed by atoms with Gasteiger partial charge >= 0.3 is 6.03 Å². The summed E-state index contributed by atoms with van der Waals surface area (Å²) < 4.78 is 0. The van der Waals surface area contributed by atoms with Gasteiger partial charge in [0, 0.05) is 19.6 Å². The van der Waals surface area contributed by atoms with Crippen LogP contribution in [0.4, 0.5) is 4.79 Å². The second kappa shape index (κ2) is 13.2. The Kier molecular flexibility index (Phi) is 10.3. The van der Waals surface area contributed by atoms with E-state index >= 15 is 0 Å². The summed E-state index contributed by atoms with van der Waals surface area (Å²) >= 11 is 0. The summed E-state index contributed by atoms with van der Waals surface area (Å²) in [5, 5.41) is 33.9. The molecule has 0 saturated carbocycles. The highest BCUT2D eigenvalue weighted by Gasteiger charge is 2.34.